The lowest BCUT2D eigenvalue weighted by Gasteiger charge is -2.18. The van der Waals surface area contributed by atoms with Crippen molar-refractivity contribution >= 4 is 27.5 Å². The van der Waals surface area contributed by atoms with Gasteiger partial charge < -0.3 is 10.4 Å². The van der Waals surface area contributed by atoms with E-state index in [9.17, 15) is 18.7 Å². The van der Waals surface area contributed by atoms with E-state index in [1.807, 2.05) is 0 Å². The first kappa shape index (κ1) is 21.5. The fraction of sp³-hybridized carbons (Fsp3) is 0.286. The molecule has 0 saturated heterocycles. The van der Waals surface area contributed by atoms with Gasteiger partial charge in [0.25, 0.3) is 0 Å². The van der Waals surface area contributed by atoms with E-state index in [1.54, 1.807) is 29.1 Å². The van der Waals surface area contributed by atoms with E-state index in [2.05, 4.69) is 43.2 Å². The fourth-order valence-electron chi connectivity index (χ4n) is 3.55. The summed E-state index contributed by atoms with van der Waals surface area (Å²) in [4.78, 5) is 21.0. The molecule has 1 saturated carbocycles. The average Bonchev–Trinajstić information content (AvgIpc) is 3.31. The second-order valence-electron chi connectivity index (χ2n) is 7.44. The van der Waals surface area contributed by atoms with Gasteiger partial charge in [-0.15, -0.1) is 0 Å². The Balaban J connectivity index is 1.52. The standard InChI is InChI=1S/C21H19BrF2N5O2/c1-11-6-17(18(24)19(11)30)27-21-13(8-25-10-26-21)20(31)16-4-5-29(28-16)9-12-2-3-15(23)14(22)7-12/h2-5,7-8,10-11,17-19,30H,1,6,9H2,(H,25,26,27)/t11-,17-,18-,19-/m1/s1. The third-order valence-corrected chi connectivity index (χ3v) is 5.84. The van der Waals surface area contributed by atoms with Crippen molar-refractivity contribution in [3.05, 3.63) is 77.0 Å². The van der Waals surface area contributed by atoms with Crippen LogP contribution < -0.4 is 5.32 Å². The number of benzene rings is 1. The van der Waals surface area contributed by atoms with Crippen LogP contribution in [-0.4, -0.2) is 49.0 Å². The van der Waals surface area contributed by atoms with Gasteiger partial charge in [-0.2, -0.15) is 5.10 Å². The van der Waals surface area contributed by atoms with Gasteiger partial charge in [-0.3, -0.25) is 9.48 Å². The number of aliphatic hydroxyl groups is 1. The molecule has 31 heavy (non-hydrogen) atoms. The molecule has 1 fully saturated rings. The zero-order chi connectivity index (χ0) is 22.1. The van der Waals surface area contributed by atoms with Gasteiger partial charge in [-0.05, 0) is 59.0 Å². The van der Waals surface area contributed by atoms with Crippen LogP contribution in [0.2, 0.25) is 0 Å². The maximum absolute atomic E-state index is 14.3. The normalized spacial score (nSPS) is 23.1. The molecule has 2 aromatic heterocycles. The maximum Gasteiger partial charge on any atom is 0.218 e. The van der Waals surface area contributed by atoms with E-state index in [4.69, 9.17) is 0 Å². The zero-order valence-electron chi connectivity index (χ0n) is 16.3. The Labute approximate surface area is 185 Å². The van der Waals surface area contributed by atoms with Gasteiger partial charge in [-0.25, -0.2) is 18.7 Å². The monoisotopic (exact) mass is 490 g/mol. The van der Waals surface area contributed by atoms with Crippen LogP contribution in [0.5, 0.6) is 0 Å². The highest BCUT2D eigenvalue weighted by molar-refractivity contribution is 9.10. The van der Waals surface area contributed by atoms with E-state index < -0.39 is 30.0 Å². The second kappa shape index (κ2) is 8.80. The van der Waals surface area contributed by atoms with E-state index in [-0.39, 0.29) is 22.9 Å². The van der Waals surface area contributed by atoms with Crippen LogP contribution in [0.25, 0.3) is 0 Å². The van der Waals surface area contributed by atoms with Crippen LogP contribution >= 0.6 is 15.9 Å². The fourth-order valence-corrected chi connectivity index (χ4v) is 3.98. The molecule has 0 aliphatic heterocycles. The lowest BCUT2D eigenvalue weighted by molar-refractivity contribution is 0.0793. The first-order chi connectivity index (χ1) is 14.8. The number of aliphatic hydroxyl groups excluding tert-OH is 1. The van der Waals surface area contributed by atoms with Crippen LogP contribution in [0.15, 0.2) is 47.5 Å². The molecule has 4 rings (SSSR count). The van der Waals surface area contributed by atoms with Crippen molar-refractivity contribution in [1.29, 1.82) is 0 Å². The lowest BCUT2D eigenvalue weighted by atomic mass is 10.1. The number of nitrogens with one attached hydrogen (secondary N) is 1. The Hall–Kier alpha value is -2.72. The molecule has 1 aliphatic carbocycles. The molecule has 10 heteroatoms. The van der Waals surface area contributed by atoms with Crippen molar-refractivity contribution in [2.24, 2.45) is 5.92 Å². The Morgan fingerprint density at radius 1 is 1.39 bits per heavy atom. The molecule has 4 atom stereocenters. The molecule has 3 aromatic rings. The van der Waals surface area contributed by atoms with Gasteiger partial charge in [0.05, 0.1) is 28.7 Å². The first-order valence-corrected chi connectivity index (χ1v) is 10.4. The Morgan fingerprint density at radius 3 is 2.90 bits per heavy atom. The van der Waals surface area contributed by atoms with Crippen molar-refractivity contribution < 1.29 is 18.7 Å². The molecule has 7 nitrogen and oxygen atoms in total. The summed E-state index contributed by atoms with van der Waals surface area (Å²) in [6, 6.07) is 5.47. The van der Waals surface area contributed by atoms with Crippen LogP contribution in [-0.2, 0) is 6.54 Å². The number of hydrogen-bond donors (Lipinski definition) is 2. The summed E-state index contributed by atoms with van der Waals surface area (Å²) in [6.45, 7) is 4.09. The minimum atomic E-state index is -1.52. The smallest absolute Gasteiger partial charge is 0.218 e. The Morgan fingerprint density at radius 2 is 2.19 bits per heavy atom. The minimum Gasteiger partial charge on any atom is -0.390 e. The van der Waals surface area contributed by atoms with Crippen molar-refractivity contribution in [2.45, 2.75) is 31.3 Å². The molecule has 1 radical (unpaired) electrons. The predicted octanol–water partition coefficient (Wildman–Crippen LogP) is 3.19. The van der Waals surface area contributed by atoms with Crippen LogP contribution in [0.4, 0.5) is 14.6 Å². The van der Waals surface area contributed by atoms with Crippen molar-refractivity contribution in [2.75, 3.05) is 5.32 Å². The summed E-state index contributed by atoms with van der Waals surface area (Å²) in [5.41, 5.74) is 1.11. The largest absolute Gasteiger partial charge is 0.390 e. The Bertz CT molecular complexity index is 1110. The second-order valence-corrected chi connectivity index (χ2v) is 8.30. The van der Waals surface area contributed by atoms with Gasteiger partial charge in [0.15, 0.2) is 0 Å². The van der Waals surface area contributed by atoms with E-state index in [0.29, 0.717) is 17.4 Å². The van der Waals surface area contributed by atoms with Crippen LogP contribution in [0.3, 0.4) is 0 Å². The molecule has 2 N–H and O–H groups in total. The zero-order valence-corrected chi connectivity index (χ0v) is 17.8. The highest BCUT2D eigenvalue weighted by Crippen LogP contribution is 2.31. The topological polar surface area (TPSA) is 92.9 Å². The number of nitrogens with zero attached hydrogens (tertiary/aromatic N) is 4. The number of alkyl halides is 1. The summed E-state index contributed by atoms with van der Waals surface area (Å²) < 4.78 is 29.6. The minimum absolute atomic E-state index is 0.145. The number of ketones is 1. The van der Waals surface area contributed by atoms with E-state index in [0.717, 1.165) is 5.56 Å². The predicted molar refractivity (Wildman–Crippen MR) is 113 cm³/mol. The maximum atomic E-state index is 14.3. The molecule has 2 heterocycles. The third-order valence-electron chi connectivity index (χ3n) is 5.23. The number of rotatable bonds is 6. The number of anilines is 1. The average molecular weight is 491 g/mol. The molecule has 161 valence electrons. The quantitative estimate of drug-likeness (QED) is 0.515. The summed E-state index contributed by atoms with van der Waals surface area (Å²) in [7, 11) is 0. The van der Waals surface area contributed by atoms with Gasteiger partial charge in [0, 0.05) is 12.4 Å². The number of carbonyl (C=O) groups is 1. The molecule has 0 amide bonds. The van der Waals surface area contributed by atoms with Gasteiger partial charge in [-0.1, -0.05) is 6.07 Å². The lowest BCUT2D eigenvalue weighted by Crippen LogP contribution is -2.32. The number of carbonyl (C=O) groups excluding carboxylic acids is 1. The van der Waals surface area contributed by atoms with Crippen molar-refractivity contribution in [1.82, 2.24) is 19.7 Å². The number of halogens is 3. The Kier molecular flexibility index (Phi) is 6.10. The highest BCUT2D eigenvalue weighted by atomic mass is 79.9. The summed E-state index contributed by atoms with van der Waals surface area (Å²) in [5, 5.41) is 17.0. The van der Waals surface area contributed by atoms with Gasteiger partial charge >= 0.3 is 0 Å². The van der Waals surface area contributed by atoms with Crippen molar-refractivity contribution in [3.63, 3.8) is 0 Å². The van der Waals surface area contributed by atoms with Crippen molar-refractivity contribution in [3.8, 4) is 0 Å². The molecule has 0 spiro atoms. The first-order valence-electron chi connectivity index (χ1n) is 9.57. The summed E-state index contributed by atoms with van der Waals surface area (Å²) >= 11 is 3.15. The van der Waals surface area contributed by atoms with E-state index >= 15 is 0 Å². The summed E-state index contributed by atoms with van der Waals surface area (Å²) in [5.74, 6) is -1.07. The van der Waals surface area contributed by atoms with E-state index in [1.165, 1.54) is 18.6 Å². The van der Waals surface area contributed by atoms with Crippen LogP contribution in [0.1, 0.15) is 28.0 Å². The molecule has 0 unspecified atom stereocenters. The summed E-state index contributed by atoms with van der Waals surface area (Å²) in [6.07, 6.45) is 1.86. The van der Waals surface area contributed by atoms with Gasteiger partial charge in [0.1, 0.15) is 29.8 Å². The SMILES string of the molecule is [CH2][C@@H]1C[C@@H](Nc2ncncc2C(=O)c2ccn(Cc3ccc(F)c(Br)c3)n2)[C@@H](F)[C@@H]1O. The molecule has 1 aliphatic rings. The molecular weight excluding hydrogens is 472 g/mol. The number of hydrogen-bond acceptors (Lipinski definition) is 6. The molecular formula is C21H19BrF2N5O2. The molecule has 0 bridgehead atoms. The third kappa shape index (κ3) is 4.49. The van der Waals surface area contributed by atoms with Gasteiger partial charge in [0.2, 0.25) is 5.78 Å². The highest BCUT2D eigenvalue weighted by Gasteiger charge is 2.41. The molecule has 1 aromatic carbocycles. The van der Waals surface area contributed by atoms with Crippen LogP contribution in [0, 0.1) is 18.7 Å². The number of aromatic nitrogens is 4.